The van der Waals surface area contributed by atoms with E-state index in [2.05, 4.69) is 36.7 Å². The van der Waals surface area contributed by atoms with E-state index < -0.39 is 35.3 Å². The molecule has 2 aromatic carbocycles. The molecule has 2 aromatic rings. The molecule has 9 heteroatoms. The van der Waals surface area contributed by atoms with Crippen LogP contribution in [0.15, 0.2) is 36.4 Å². The lowest BCUT2D eigenvalue weighted by Crippen LogP contribution is -2.49. The fourth-order valence-corrected chi connectivity index (χ4v) is 6.88. The largest absolute Gasteiger partial charge is 0.393 e. The fourth-order valence-electron chi connectivity index (χ4n) is 6.51. The predicted molar refractivity (Wildman–Crippen MR) is 142 cm³/mol. The van der Waals surface area contributed by atoms with E-state index in [1.54, 1.807) is 18.2 Å². The highest BCUT2D eigenvalue weighted by Gasteiger charge is 2.66. The third-order valence-corrected chi connectivity index (χ3v) is 8.47. The van der Waals surface area contributed by atoms with Gasteiger partial charge >= 0.3 is 0 Å². The van der Waals surface area contributed by atoms with Gasteiger partial charge in [0, 0.05) is 28.7 Å². The van der Waals surface area contributed by atoms with Gasteiger partial charge in [-0.05, 0) is 66.5 Å². The van der Waals surface area contributed by atoms with Crippen LogP contribution in [0, 0.1) is 11.2 Å². The maximum absolute atomic E-state index is 14.9. The van der Waals surface area contributed by atoms with Crippen molar-refractivity contribution in [3.63, 3.8) is 0 Å². The van der Waals surface area contributed by atoms with Gasteiger partial charge in [-0.25, -0.2) is 4.39 Å². The first-order valence-electron chi connectivity index (χ1n) is 12.7. The van der Waals surface area contributed by atoms with Gasteiger partial charge in [-0.1, -0.05) is 56.1 Å². The summed E-state index contributed by atoms with van der Waals surface area (Å²) in [6.07, 6.45) is 1.92. The number of carbonyl (C=O) groups is 2. The van der Waals surface area contributed by atoms with Crippen LogP contribution in [0.3, 0.4) is 0 Å². The number of aliphatic hydroxyl groups excluding tert-OH is 1. The molecule has 198 valence electrons. The van der Waals surface area contributed by atoms with Gasteiger partial charge < -0.3 is 21.1 Å². The number of anilines is 1. The second kappa shape index (κ2) is 9.53. The average molecular weight is 548 g/mol. The van der Waals surface area contributed by atoms with Gasteiger partial charge in [0.05, 0.1) is 17.2 Å². The predicted octanol–water partition coefficient (Wildman–Crippen LogP) is 4.91. The van der Waals surface area contributed by atoms with Crippen molar-refractivity contribution < 1.29 is 19.1 Å². The number of nitrogens with one attached hydrogen (secondary N) is 3. The Bertz CT molecular complexity index is 1250. The van der Waals surface area contributed by atoms with Gasteiger partial charge in [0.25, 0.3) is 0 Å². The number of amides is 2. The third-order valence-electron chi connectivity index (χ3n) is 7.94. The van der Waals surface area contributed by atoms with Crippen LogP contribution in [-0.2, 0) is 15.0 Å². The smallest absolute Gasteiger partial charge is 0.238 e. The minimum atomic E-state index is -1.28. The van der Waals surface area contributed by atoms with Gasteiger partial charge in [0.2, 0.25) is 11.8 Å². The zero-order valence-electron chi connectivity index (χ0n) is 21.1. The SMILES string of the molecule is CC(C)(C)C[C@H]1N[C@@H](C(=O)N[C@H]2CC[C@H](O)C2)[C@H](c2cccc(Cl)c2)[C@@]12C(=O)Nc1cc(Cl)c(F)cc12. The van der Waals surface area contributed by atoms with Gasteiger partial charge in [-0.15, -0.1) is 0 Å². The van der Waals surface area contributed by atoms with E-state index in [1.807, 2.05) is 6.07 Å². The molecule has 1 aliphatic carbocycles. The number of fused-ring (bicyclic) bond motifs is 2. The quantitative estimate of drug-likeness (QED) is 0.437. The summed E-state index contributed by atoms with van der Waals surface area (Å²) in [5.41, 5.74) is 0.150. The van der Waals surface area contributed by atoms with Gasteiger partial charge in [-0.2, -0.15) is 0 Å². The molecule has 1 saturated carbocycles. The Labute approximate surface area is 226 Å². The van der Waals surface area contributed by atoms with Crippen LogP contribution in [0.2, 0.25) is 10.0 Å². The van der Waals surface area contributed by atoms with E-state index in [0.29, 0.717) is 47.5 Å². The van der Waals surface area contributed by atoms with E-state index in [0.717, 1.165) is 0 Å². The molecule has 2 aliphatic heterocycles. The number of benzene rings is 2. The molecule has 0 unspecified atom stereocenters. The monoisotopic (exact) mass is 547 g/mol. The van der Waals surface area contributed by atoms with Crippen molar-refractivity contribution in [1.82, 2.24) is 10.6 Å². The zero-order chi connectivity index (χ0) is 26.7. The highest BCUT2D eigenvalue weighted by Crippen LogP contribution is 2.57. The summed E-state index contributed by atoms with van der Waals surface area (Å²) in [7, 11) is 0. The molecule has 0 radical (unpaired) electrons. The van der Waals surface area contributed by atoms with Gasteiger partial charge in [0.1, 0.15) is 11.2 Å². The Morgan fingerprint density at radius 1 is 1.22 bits per heavy atom. The molecule has 0 aromatic heterocycles. The Morgan fingerprint density at radius 2 is 1.97 bits per heavy atom. The first kappa shape index (κ1) is 26.4. The first-order valence-corrected chi connectivity index (χ1v) is 13.5. The number of carbonyl (C=O) groups excluding carboxylic acids is 2. The Kier molecular flexibility index (Phi) is 6.80. The average Bonchev–Trinajstić information content (AvgIpc) is 3.43. The molecule has 5 rings (SSSR count). The number of hydrogen-bond acceptors (Lipinski definition) is 4. The molecule has 0 bridgehead atoms. The molecule has 2 amide bonds. The molecule has 6 nitrogen and oxygen atoms in total. The number of halogens is 3. The van der Waals surface area contributed by atoms with Crippen molar-refractivity contribution in [2.75, 3.05) is 5.32 Å². The third kappa shape index (κ3) is 4.65. The summed E-state index contributed by atoms with van der Waals surface area (Å²) in [6, 6.07) is 8.51. The highest BCUT2D eigenvalue weighted by atomic mass is 35.5. The lowest BCUT2D eigenvalue weighted by atomic mass is 9.62. The van der Waals surface area contributed by atoms with E-state index in [4.69, 9.17) is 23.2 Å². The Hall–Kier alpha value is -2.19. The van der Waals surface area contributed by atoms with Crippen LogP contribution < -0.4 is 16.0 Å². The van der Waals surface area contributed by atoms with Crippen LogP contribution in [0.4, 0.5) is 10.1 Å². The number of hydrogen-bond donors (Lipinski definition) is 4. The number of aliphatic hydroxyl groups is 1. The van der Waals surface area contributed by atoms with Crippen molar-refractivity contribution in [2.45, 2.75) is 82.0 Å². The molecular formula is C28H32Cl2FN3O3. The van der Waals surface area contributed by atoms with Crippen LogP contribution in [0.25, 0.3) is 0 Å². The molecular weight excluding hydrogens is 516 g/mol. The normalized spacial score (nSPS) is 31.0. The molecule has 6 atom stereocenters. The van der Waals surface area contributed by atoms with Crippen molar-refractivity contribution in [3.8, 4) is 0 Å². The van der Waals surface area contributed by atoms with Crippen molar-refractivity contribution in [2.24, 2.45) is 5.41 Å². The summed E-state index contributed by atoms with van der Waals surface area (Å²) in [4.78, 5) is 27.9. The van der Waals surface area contributed by atoms with Crippen molar-refractivity contribution in [1.29, 1.82) is 0 Å². The van der Waals surface area contributed by atoms with Crippen LogP contribution in [0.5, 0.6) is 0 Å². The molecule has 1 saturated heterocycles. The Balaban J connectivity index is 1.69. The molecule has 3 aliphatic rings. The maximum atomic E-state index is 14.9. The van der Waals surface area contributed by atoms with Gasteiger partial charge in [0.15, 0.2) is 0 Å². The summed E-state index contributed by atoms with van der Waals surface area (Å²) < 4.78 is 14.9. The topological polar surface area (TPSA) is 90.5 Å². The highest BCUT2D eigenvalue weighted by molar-refractivity contribution is 6.31. The van der Waals surface area contributed by atoms with E-state index >= 15 is 0 Å². The van der Waals surface area contributed by atoms with Gasteiger partial charge in [-0.3, -0.25) is 9.59 Å². The standard InChI is InChI=1S/C28H32Cl2FN3O3/c1-27(2,3)13-22-28(18-11-20(31)19(30)12-21(18)33-26(28)37)23(14-5-4-6-15(29)9-14)24(34-22)25(36)32-16-7-8-17(35)10-16/h4-6,9,11-12,16-17,22-24,34-35H,7-8,10,13H2,1-3H3,(H,32,36)(H,33,37)/t16-,17-,22+,23-,24+,28-/m0/s1. The van der Waals surface area contributed by atoms with E-state index in [-0.39, 0.29) is 28.3 Å². The molecule has 2 fully saturated rings. The second-order valence-corrected chi connectivity index (χ2v) is 12.6. The maximum Gasteiger partial charge on any atom is 0.238 e. The van der Waals surface area contributed by atoms with E-state index in [1.165, 1.54) is 12.1 Å². The second-order valence-electron chi connectivity index (χ2n) is 11.8. The Morgan fingerprint density at radius 3 is 2.62 bits per heavy atom. The molecule has 2 heterocycles. The summed E-state index contributed by atoms with van der Waals surface area (Å²) in [5, 5.41) is 19.9. The van der Waals surface area contributed by atoms with Crippen LogP contribution in [-0.4, -0.2) is 41.2 Å². The lowest BCUT2D eigenvalue weighted by molar-refractivity contribution is -0.124. The molecule has 1 spiro atoms. The molecule has 4 N–H and O–H groups in total. The zero-order valence-corrected chi connectivity index (χ0v) is 22.6. The molecule has 37 heavy (non-hydrogen) atoms. The summed E-state index contributed by atoms with van der Waals surface area (Å²) in [5.74, 6) is -1.85. The first-order chi connectivity index (χ1) is 17.4. The summed E-state index contributed by atoms with van der Waals surface area (Å²) in [6.45, 7) is 6.21. The lowest BCUT2D eigenvalue weighted by Gasteiger charge is -2.37. The van der Waals surface area contributed by atoms with Crippen LogP contribution in [0.1, 0.15) is 63.5 Å². The van der Waals surface area contributed by atoms with Crippen molar-refractivity contribution in [3.05, 3.63) is 63.4 Å². The minimum Gasteiger partial charge on any atom is -0.393 e. The fraction of sp³-hybridized carbons (Fsp3) is 0.500. The van der Waals surface area contributed by atoms with E-state index in [9.17, 15) is 19.1 Å². The summed E-state index contributed by atoms with van der Waals surface area (Å²) >= 11 is 12.5. The number of rotatable bonds is 4. The van der Waals surface area contributed by atoms with Crippen LogP contribution >= 0.6 is 23.2 Å². The minimum absolute atomic E-state index is 0.0807. The van der Waals surface area contributed by atoms with Crippen molar-refractivity contribution >= 4 is 40.7 Å².